The van der Waals surface area contributed by atoms with Crippen molar-refractivity contribution >= 4 is 5.91 Å². The van der Waals surface area contributed by atoms with Crippen LogP contribution >= 0.6 is 0 Å². The number of morpholine rings is 1. The predicted octanol–water partition coefficient (Wildman–Crippen LogP) is 0.596. The van der Waals surface area contributed by atoms with Gasteiger partial charge >= 0.3 is 0 Å². The average Bonchev–Trinajstić information content (AvgIpc) is 2.38. The van der Waals surface area contributed by atoms with Crippen LogP contribution in [0.5, 0.6) is 0 Å². The molecule has 0 spiro atoms. The highest BCUT2D eigenvalue weighted by Gasteiger charge is 2.27. The molecule has 1 rings (SSSR count). The average molecular weight is 244 g/mol. The first-order valence-electron chi connectivity index (χ1n) is 6.35. The van der Waals surface area contributed by atoms with Gasteiger partial charge in [0.25, 0.3) is 0 Å². The number of methoxy groups -OCH3 is 1. The van der Waals surface area contributed by atoms with Crippen LogP contribution in [0.3, 0.4) is 0 Å². The Balaban J connectivity index is 2.34. The van der Waals surface area contributed by atoms with E-state index >= 15 is 0 Å². The fourth-order valence-electron chi connectivity index (χ4n) is 1.83. The van der Waals surface area contributed by atoms with Gasteiger partial charge in [-0.2, -0.15) is 0 Å². The van der Waals surface area contributed by atoms with Gasteiger partial charge in [-0.15, -0.1) is 0 Å². The van der Waals surface area contributed by atoms with E-state index < -0.39 is 0 Å². The monoisotopic (exact) mass is 244 g/mol. The van der Waals surface area contributed by atoms with Crippen molar-refractivity contribution in [3.8, 4) is 0 Å². The third kappa shape index (κ3) is 4.61. The summed E-state index contributed by atoms with van der Waals surface area (Å²) in [5, 5.41) is 2.95. The van der Waals surface area contributed by atoms with Gasteiger partial charge in [-0.3, -0.25) is 9.69 Å². The van der Waals surface area contributed by atoms with Crippen LogP contribution in [0.1, 0.15) is 26.7 Å². The minimum Gasteiger partial charge on any atom is -0.355 e. The number of unbranched alkanes of at least 4 members (excludes halogenated alkanes) is 1. The fraction of sp³-hybridized carbons (Fsp3) is 0.917. The summed E-state index contributed by atoms with van der Waals surface area (Å²) in [4.78, 5) is 14.0. The van der Waals surface area contributed by atoms with E-state index in [9.17, 15) is 4.79 Å². The quantitative estimate of drug-likeness (QED) is 0.695. The number of ether oxygens (including phenoxy) is 2. The van der Waals surface area contributed by atoms with Crippen molar-refractivity contribution < 1.29 is 14.3 Å². The normalized spacial score (nSPS) is 23.4. The maximum Gasteiger partial charge on any atom is 0.237 e. The molecule has 1 heterocycles. The molecule has 0 bridgehead atoms. The third-order valence-electron chi connectivity index (χ3n) is 3.09. The Morgan fingerprint density at radius 3 is 3.06 bits per heavy atom. The highest BCUT2D eigenvalue weighted by molar-refractivity contribution is 5.81. The van der Waals surface area contributed by atoms with E-state index in [4.69, 9.17) is 9.47 Å². The lowest BCUT2D eigenvalue weighted by molar-refractivity contribution is -0.172. The molecule has 1 aliphatic rings. The lowest BCUT2D eigenvalue weighted by Gasteiger charge is -2.35. The van der Waals surface area contributed by atoms with Crippen molar-refractivity contribution in [2.75, 3.05) is 33.4 Å². The highest BCUT2D eigenvalue weighted by Crippen LogP contribution is 2.09. The summed E-state index contributed by atoms with van der Waals surface area (Å²) < 4.78 is 10.5. The van der Waals surface area contributed by atoms with Crippen molar-refractivity contribution in [1.29, 1.82) is 0 Å². The molecule has 1 N–H and O–H groups in total. The molecule has 0 aromatic rings. The molecular weight excluding hydrogens is 220 g/mol. The summed E-state index contributed by atoms with van der Waals surface area (Å²) in [6.07, 6.45) is 1.91. The molecule has 5 nitrogen and oxygen atoms in total. The van der Waals surface area contributed by atoms with Gasteiger partial charge in [0.15, 0.2) is 6.29 Å². The minimum atomic E-state index is -0.213. The Kier molecular flexibility index (Phi) is 6.47. The maximum atomic E-state index is 11.9. The van der Waals surface area contributed by atoms with Crippen LogP contribution in [0.25, 0.3) is 0 Å². The molecule has 1 saturated heterocycles. The van der Waals surface area contributed by atoms with Crippen molar-refractivity contribution in [3.05, 3.63) is 0 Å². The molecule has 5 heteroatoms. The highest BCUT2D eigenvalue weighted by atomic mass is 16.7. The molecule has 0 unspecified atom stereocenters. The molecule has 0 aliphatic carbocycles. The van der Waals surface area contributed by atoms with E-state index in [1.807, 2.05) is 6.92 Å². The lowest BCUT2D eigenvalue weighted by Crippen LogP contribution is -2.52. The molecule has 1 amide bonds. The Hall–Kier alpha value is -0.650. The van der Waals surface area contributed by atoms with Gasteiger partial charge in [-0.25, -0.2) is 0 Å². The summed E-state index contributed by atoms with van der Waals surface area (Å²) in [7, 11) is 1.63. The molecule has 0 saturated carbocycles. The summed E-state index contributed by atoms with van der Waals surface area (Å²) >= 11 is 0. The first-order valence-corrected chi connectivity index (χ1v) is 6.35. The summed E-state index contributed by atoms with van der Waals surface area (Å²) in [5.74, 6) is 0.0928. The predicted molar refractivity (Wildman–Crippen MR) is 65.7 cm³/mol. The number of rotatable bonds is 6. The summed E-state index contributed by atoms with van der Waals surface area (Å²) in [6, 6.07) is -0.117. The van der Waals surface area contributed by atoms with Crippen LogP contribution in [-0.2, 0) is 14.3 Å². The molecule has 100 valence electrons. The Labute approximate surface area is 103 Å². The van der Waals surface area contributed by atoms with E-state index in [1.54, 1.807) is 7.11 Å². The van der Waals surface area contributed by atoms with Crippen LogP contribution < -0.4 is 5.32 Å². The second-order valence-electron chi connectivity index (χ2n) is 4.35. The Bertz CT molecular complexity index is 236. The smallest absolute Gasteiger partial charge is 0.237 e. The van der Waals surface area contributed by atoms with Crippen molar-refractivity contribution in [1.82, 2.24) is 10.2 Å². The molecule has 0 aromatic heterocycles. The third-order valence-corrected chi connectivity index (χ3v) is 3.09. The molecule has 2 atom stereocenters. The van der Waals surface area contributed by atoms with E-state index in [1.165, 1.54) is 0 Å². The van der Waals surface area contributed by atoms with Crippen LogP contribution in [0.15, 0.2) is 0 Å². The van der Waals surface area contributed by atoms with Crippen LogP contribution in [0, 0.1) is 0 Å². The number of amides is 1. The zero-order valence-electron chi connectivity index (χ0n) is 11.1. The van der Waals surface area contributed by atoms with Crippen LogP contribution in [-0.4, -0.2) is 56.5 Å². The second kappa shape index (κ2) is 7.63. The van der Waals surface area contributed by atoms with Crippen molar-refractivity contribution in [2.24, 2.45) is 0 Å². The fourth-order valence-corrected chi connectivity index (χ4v) is 1.83. The van der Waals surface area contributed by atoms with Gasteiger partial charge in [-0.05, 0) is 13.3 Å². The SMILES string of the molecule is CCCCNC(=O)[C@H](C)N1CCO[C@H](OC)C1. The van der Waals surface area contributed by atoms with E-state index in [0.717, 1.165) is 25.9 Å². The van der Waals surface area contributed by atoms with E-state index in [2.05, 4.69) is 17.1 Å². The van der Waals surface area contributed by atoms with E-state index in [-0.39, 0.29) is 18.2 Å². The number of carbonyl (C=O) groups is 1. The molecular formula is C12H24N2O3. The van der Waals surface area contributed by atoms with Crippen LogP contribution in [0.4, 0.5) is 0 Å². The maximum absolute atomic E-state index is 11.9. The molecule has 1 fully saturated rings. The van der Waals surface area contributed by atoms with Gasteiger partial charge in [-0.1, -0.05) is 13.3 Å². The summed E-state index contributed by atoms with van der Waals surface area (Å²) in [5.41, 5.74) is 0. The molecule has 17 heavy (non-hydrogen) atoms. The van der Waals surface area contributed by atoms with Crippen molar-refractivity contribution in [2.45, 2.75) is 39.0 Å². The number of hydrogen-bond acceptors (Lipinski definition) is 4. The lowest BCUT2D eigenvalue weighted by atomic mass is 10.2. The molecule has 0 radical (unpaired) electrons. The van der Waals surface area contributed by atoms with Gasteiger partial charge in [0, 0.05) is 20.2 Å². The summed E-state index contributed by atoms with van der Waals surface area (Å²) in [6.45, 7) is 6.85. The topological polar surface area (TPSA) is 50.8 Å². The number of nitrogens with zero attached hydrogens (tertiary/aromatic N) is 1. The zero-order chi connectivity index (χ0) is 12.7. The van der Waals surface area contributed by atoms with Crippen molar-refractivity contribution in [3.63, 3.8) is 0 Å². The number of carbonyl (C=O) groups excluding carboxylic acids is 1. The Morgan fingerprint density at radius 2 is 2.41 bits per heavy atom. The van der Waals surface area contributed by atoms with Crippen LogP contribution in [0.2, 0.25) is 0 Å². The number of hydrogen-bond donors (Lipinski definition) is 1. The van der Waals surface area contributed by atoms with Gasteiger partial charge < -0.3 is 14.8 Å². The van der Waals surface area contributed by atoms with E-state index in [0.29, 0.717) is 13.2 Å². The molecule has 1 aliphatic heterocycles. The van der Waals surface area contributed by atoms with Gasteiger partial charge in [0.05, 0.1) is 19.2 Å². The number of nitrogens with one attached hydrogen (secondary N) is 1. The Morgan fingerprint density at radius 1 is 1.65 bits per heavy atom. The zero-order valence-corrected chi connectivity index (χ0v) is 11.1. The first kappa shape index (κ1) is 14.4. The second-order valence-corrected chi connectivity index (χ2v) is 4.35. The standard InChI is InChI=1S/C12H24N2O3/c1-4-5-6-13-12(15)10(2)14-7-8-17-11(9-14)16-3/h10-11H,4-9H2,1-3H3,(H,13,15)/t10-,11-/m0/s1. The first-order chi connectivity index (χ1) is 8.19. The minimum absolute atomic E-state index is 0.0928. The van der Waals surface area contributed by atoms with Gasteiger partial charge in [0.2, 0.25) is 5.91 Å². The van der Waals surface area contributed by atoms with Gasteiger partial charge in [0.1, 0.15) is 0 Å². The largest absolute Gasteiger partial charge is 0.355 e. The molecule has 0 aromatic carbocycles.